The molecular formula is C17H24N2O3. The molecule has 1 aliphatic rings. The van der Waals surface area contributed by atoms with Crippen molar-refractivity contribution in [3.63, 3.8) is 0 Å². The smallest absolute Gasteiger partial charge is 0.225 e. The molecule has 0 bridgehead atoms. The zero-order valence-corrected chi connectivity index (χ0v) is 13.2. The van der Waals surface area contributed by atoms with Gasteiger partial charge in [0.1, 0.15) is 0 Å². The maximum atomic E-state index is 12.3. The number of likely N-dealkylation sites (tertiary alicyclic amines) is 1. The Kier molecular flexibility index (Phi) is 5.55. The highest BCUT2D eigenvalue weighted by molar-refractivity contribution is 5.81. The second kappa shape index (κ2) is 7.40. The monoisotopic (exact) mass is 304 g/mol. The summed E-state index contributed by atoms with van der Waals surface area (Å²) in [6.45, 7) is 4.56. The Hall–Kier alpha value is -1.88. The Morgan fingerprint density at radius 2 is 2.05 bits per heavy atom. The van der Waals surface area contributed by atoms with Crippen molar-refractivity contribution in [3.05, 3.63) is 35.4 Å². The molecule has 0 radical (unpaired) electrons. The lowest BCUT2D eigenvalue weighted by Gasteiger charge is -2.20. The molecule has 0 saturated carbocycles. The van der Waals surface area contributed by atoms with Crippen LogP contribution in [0.5, 0.6) is 0 Å². The molecule has 1 aromatic carbocycles. The van der Waals surface area contributed by atoms with E-state index in [9.17, 15) is 14.7 Å². The number of hydrogen-bond donors (Lipinski definition) is 2. The average Bonchev–Trinajstić information content (AvgIpc) is 3.03. The van der Waals surface area contributed by atoms with Crippen molar-refractivity contribution in [1.82, 2.24) is 10.2 Å². The van der Waals surface area contributed by atoms with E-state index in [1.807, 2.05) is 24.3 Å². The summed E-state index contributed by atoms with van der Waals surface area (Å²) in [4.78, 5) is 25.3. The van der Waals surface area contributed by atoms with Crippen molar-refractivity contribution in [2.45, 2.75) is 32.7 Å². The van der Waals surface area contributed by atoms with Crippen LogP contribution in [0, 0.1) is 5.92 Å². The van der Waals surface area contributed by atoms with Gasteiger partial charge in [-0.05, 0) is 24.0 Å². The topological polar surface area (TPSA) is 69.6 Å². The Morgan fingerprint density at radius 1 is 1.36 bits per heavy atom. The van der Waals surface area contributed by atoms with Gasteiger partial charge in [0.2, 0.25) is 11.8 Å². The number of hydrogen-bond acceptors (Lipinski definition) is 3. The van der Waals surface area contributed by atoms with Gasteiger partial charge < -0.3 is 15.3 Å². The average molecular weight is 304 g/mol. The van der Waals surface area contributed by atoms with Gasteiger partial charge in [0.25, 0.3) is 0 Å². The molecule has 1 heterocycles. The number of aryl methyl sites for hydroxylation is 1. The fraction of sp³-hybridized carbons (Fsp3) is 0.529. The van der Waals surface area contributed by atoms with Gasteiger partial charge in [0.05, 0.1) is 18.6 Å². The van der Waals surface area contributed by atoms with Crippen LogP contribution in [-0.2, 0) is 16.0 Å². The first-order valence-corrected chi connectivity index (χ1v) is 7.80. The van der Waals surface area contributed by atoms with Crippen molar-refractivity contribution < 1.29 is 14.7 Å². The Balaban J connectivity index is 1.97. The second-order valence-corrected chi connectivity index (χ2v) is 5.79. The summed E-state index contributed by atoms with van der Waals surface area (Å²) >= 11 is 0. The van der Waals surface area contributed by atoms with Gasteiger partial charge in [0.15, 0.2) is 0 Å². The van der Waals surface area contributed by atoms with Gasteiger partial charge in [0, 0.05) is 20.0 Å². The summed E-state index contributed by atoms with van der Waals surface area (Å²) in [5.74, 6) is -0.278. The highest BCUT2D eigenvalue weighted by Gasteiger charge is 2.30. The van der Waals surface area contributed by atoms with Gasteiger partial charge >= 0.3 is 0 Å². The van der Waals surface area contributed by atoms with E-state index in [2.05, 4.69) is 12.2 Å². The third-order valence-electron chi connectivity index (χ3n) is 4.29. The third kappa shape index (κ3) is 3.85. The Morgan fingerprint density at radius 3 is 2.55 bits per heavy atom. The number of aliphatic hydroxyl groups is 1. The zero-order valence-electron chi connectivity index (χ0n) is 13.2. The standard InChI is InChI=1S/C17H24N2O3/c1-3-13-4-6-14(7-5-13)16(11-20)18-17(22)15-8-9-19(10-15)12(2)21/h4-7,15-16,20H,3,8-11H2,1-2H3,(H,18,22). The normalized spacial score (nSPS) is 19.0. The van der Waals surface area contributed by atoms with Crippen LogP contribution in [0.2, 0.25) is 0 Å². The summed E-state index contributed by atoms with van der Waals surface area (Å²) in [7, 11) is 0. The van der Waals surface area contributed by atoms with Crippen LogP contribution in [0.25, 0.3) is 0 Å². The molecule has 0 spiro atoms. The SMILES string of the molecule is CCc1ccc(C(CO)NC(=O)C2CCN(C(C)=O)C2)cc1. The Labute approximate surface area is 131 Å². The molecule has 22 heavy (non-hydrogen) atoms. The van der Waals surface area contributed by atoms with Crippen molar-refractivity contribution in [3.8, 4) is 0 Å². The third-order valence-corrected chi connectivity index (χ3v) is 4.29. The number of rotatable bonds is 5. The zero-order chi connectivity index (χ0) is 16.1. The van der Waals surface area contributed by atoms with Crippen LogP contribution in [-0.4, -0.2) is 41.5 Å². The van der Waals surface area contributed by atoms with Gasteiger partial charge in [-0.25, -0.2) is 0 Å². The van der Waals surface area contributed by atoms with E-state index in [4.69, 9.17) is 0 Å². The van der Waals surface area contributed by atoms with Crippen molar-refractivity contribution in [2.75, 3.05) is 19.7 Å². The lowest BCUT2D eigenvalue weighted by Crippen LogP contribution is -2.37. The molecule has 2 rings (SSSR count). The summed E-state index contributed by atoms with van der Waals surface area (Å²) in [6.07, 6.45) is 1.64. The molecule has 0 aromatic heterocycles. The quantitative estimate of drug-likeness (QED) is 0.860. The van der Waals surface area contributed by atoms with Crippen LogP contribution < -0.4 is 5.32 Å². The lowest BCUT2D eigenvalue weighted by molar-refractivity contribution is -0.128. The molecule has 5 heteroatoms. The molecule has 5 nitrogen and oxygen atoms in total. The molecule has 0 aliphatic carbocycles. The lowest BCUT2D eigenvalue weighted by atomic mass is 10.0. The molecule has 2 N–H and O–H groups in total. The first kappa shape index (κ1) is 16.5. The number of amides is 2. The molecule has 1 fully saturated rings. The molecule has 1 saturated heterocycles. The number of benzene rings is 1. The summed E-state index contributed by atoms with van der Waals surface area (Å²) < 4.78 is 0. The molecular weight excluding hydrogens is 280 g/mol. The number of nitrogens with zero attached hydrogens (tertiary/aromatic N) is 1. The van der Waals surface area contributed by atoms with Crippen molar-refractivity contribution in [2.24, 2.45) is 5.92 Å². The van der Waals surface area contributed by atoms with Crippen LogP contribution in [0.1, 0.15) is 37.4 Å². The predicted molar refractivity (Wildman–Crippen MR) is 84.2 cm³/mol. The first-order valence-electron chi connectivity index (χ1n) is 7.80. The van der Waals surface area contributed by atoms with Crippen LogP contribution in [0.3, 0.4) is 0 Å². The number of carbonyl (C=O) groups is 2. The molecule has 1 aliphatic heterocycles. The second-order valence-electron chi connectivity index (χ2n) is 5.79. The molecule has 1 aromatic rings. The van der Waals surface area contributed by atoms with Crippen molar-refractivity contribution >= 4 is 11.8 Å². The Bertz CT molecular complexity index is 527. The van der Waals surface area contributed by atoms with Gasteiger partial charge in [-0.1, -0.05) is 31.2 Å². The largest absolute Gasteiger partial charge is 0.394 e. The summed E-state index contributed by atoms with van der Waals surface area (Å²) in [6, 6.07) is 7.51. The van der Waals surface area contributed by atoms with Gasteiger partial charge in [-0.3, -0.25) is 9.59 Å². The number of aliphatic hydroxyl groups excluding tert-OH is 1. The fourth-order valence-electron chi connectivity index (χ4n) is 2.77. The maximum absolute atomic E-state index is 12.3. The van der Waals surface area contributed by atoms with E-state index in [-0.39, 0.29) is 24.3 Å². The fourth-order valence-corrected chi connectivity index (χ4v) is 2.77. The van der Waals surface area contributed by atoms with E-state index in [1.54, 1.807) is 4.90 Å². The van der Waals surface area contributed by atoms with Crippen molar-refractivity contribution in [1.29, 1.82) is 0 Å². The van der Waals surface area contributed by atoms with Crippen LogP contribution in [0.15, 0.2) is 24.3 Å². The summed E-state index contributed by atoms with van der Waals surface area (Å²) in [5, 5.41) is 12.5. The first-order chi connectivity index (χ1) is 10.5. The highest BCUT2D eigenvalue weighted by Crippen LogP contribution is 2.19. The van der Waals surface area contributed by atoms with E-state index in [0.717, 1.165) is 12.0 Å². The molecule has 2 atom stereocenters. The van der Waals surface area contributed by atoms with E-state index in [1.165, 1.54) is 12.5 Å². The minimum Gasteiger partial charge on any atom is -0.394 e. The van der Waals surface area contributed by atoms with Gasteiger partial charge in [-0.2, -0.15) is 0 Å². The molecule has 2 amide bonds. The maximum Gasteiger partial charge on any atom is 0.225 e. The molecule has 120 valence electrons. The minimum absolute atomic E-state index is 0.00385. The minimum atomic E-state index is -0.398. The van der Waals surface area contributed by atoms with E-state index < -0.39 is 6.04 Å². The van der Waals surface area contributed by atoms with E-state index >= 15 is 0 Å². The number of nitrogens with one attached hydrogen (secondary N) is 1. The van der Waals surface area contributed by atoms with Gasteiger partial charge in [-0.15, -0.1) is 0 Å². The predicted octanol–water partition coefficient (Wildman–Crippen LogP) is 1.27. The summed E-state index contributed by atoms with van der Waals surface area (Å²) in [5.41, 5.74) is 2.12. The van der Waals surface area contributed by atoms with Crippen LogP contribution in [0.4, 0.5) is 0 Å². The number of carbonyl (C=O) groups excluding carboxylic acids is 2. The molecule has 2 unspecified atom stereocenters. The van der Waals surface area contributed by atoms with Crippen LogP contribution >= 0.6 is 0 Å². The highest BCUT2D eigenvalue weighted by atomic mass is 16.3. The van der Waals surface area contributed by atoms with E-state index in [0.29, 0.717) is 19.5 Å².